The summed E-state index contributed by atoms with van der Waals surface area (Å²) >= 11 is 0. The molecule has 0 heterocycles. The van der Waals surface area contributed by atoms with Gasteiger partial charge in [-0.25, -0.2) is 0 Å². The second-order valence-electron chi connectivity index (χ2n) is 5.48. The number of carbonyl (C=O) groups is 1. The van der Waals surface area contributed by atoms with Crippen LogP contribution in [0, 0.1) is 5.41 Å². The van der Waals surface area contributed by atoms with Crippen LogP contribution in [0.1, 0.15) is 53.9 Å². The molecule has 0 atom stereocenters. The van der Waals surface area contributed by atoms with Crippen molar-refractivity contribution in [3.05, 3.63) is 0 Å². The highest BCUT2D eigenvalue weighted by atomic mass is 35.5. The zero-order valence-corrected chi connectivity index (χ0v) is 12.0. The highest BCUT2D eigenvalue weighted by molar-refractivity contribution is 5.85. The smallest absolute Gasteiger partial charge is 0.220 e. The molecule has 0 spiro atoms. The zero-order chi connectivity index (χ0) is 12.1. The molecule has 0 fully saturated rings. The molecule has 0 rings (SSSR count). The normalized spacial score (nSPS) is 11.9. The molecule has 3 nitrogen and oxygen atoms in total. The van der Waals surface area contributed by atoms with E-state index in [-0.39, 0.29) is 29.3 Å². The number of hydrogen-bond acceptors (Lipinski definition) is 2. The number of hydrogen-bond donors (Lipinski definition) is 2. The summed E-state index contributed by atoms with van der Waals surface area (Å²) in [6.45, 7) is 10.8. The molecule has 16 heavy (non-hydrogen) atoms. The fourth-order valence-electron chi connectivity index (χ4n) is 1.59. The summed E-state index contributed by atoms with van der Waals surface area (Å²) in [5.41, 5.74) is 5.55. The van der Waals surface area contributed by atoms with Crippen molar-refractivity contribution in [1.82, 2.24) is 5.32 Å². The third-order valence-corrected chi connectivity index (χ3v) is 2.84. The molecular formula is C12H27ClN2O. The summed E-state index contributed by atoms with van der Waals surface area (Å²) in [4.78, 5) is 11.8. The van der Waals surface area contributed by atoms with Crippen LogP contribution in [0.15, 0.2) is 0 Å². The van der Waals surface area contributed by atoms with Gasteiger partial charge in [-0.2, -0.15) is 0 Å². The van der Waals surface area contributed by atoms with E-state index in [1.54, 1.807) is 0 Å². The van der Waals surface area contributed by atoms with Gasteiger partial charge in [-0.05, 0) is 18.3 Å². The lowest BCUT2D eigenvalue weighted by atomic mass is 9.89. The molecule has 4 heteroatoms. The van der Waals surface area contributed by atoms with E-state index >= 15 is 0 Å². The third kappa shape index (κ3) is 6.33. The van der Waals surface area contributed by atoms with Crippen molar-refractivity contribution in [3.8, 4) is 0 Å². The lowest BCUT2D eigenvalue weighted by Gasteiger charge is -2.32. The first-order valence-electron chi connectivity index (χ1n) is 5.79. The highest BCUT2D eigenvalue weighted by Gasteiger charge is 2.27. The molecule has 0 unspecified atom stereocenters. The zero-order valence-electron chi connectivity index (χ0n) is 11.2. The summed E-state index contributed by atoms with van der Waals surface area (Å²) < 4.78 is 0. The Kier molecular flexibility index (Phi) is 8.06. The molecule has 0 bridgehead atoms. The number of halogens is 1. The first kappa shape index (κ1) is 18.1. The molecule has 0 radical (unpaired) electrons. The largest absolute Gasteiger partial charge is 0.349 e. The van der Waals surface area contributed by atoms with Crippen LogP contribution in [0.25, 0.3) is 0 Å². The minimum Gasteiger partial charge on any atom is -0.349 e. The molecule has 0 aliphatic rings. The van der Waals surface area contributed by atoms with E-state index in [2.05, 4.69) is 39.9 Å². The second kappa shape index (κ2) is 7.13. The Labute approximate surface area is 106 Å². The van der Waals surface area contributed by atoms with E-state index in [4.69, 9.17) is 5.73 Å². The summed E-state index contributed by atoms with van der Waals surface area (Å²) in [5.74, 6) is 0.108. The molecule has 0 aromatic heterocycles. The summed E-state index contributed by atoms with van der Waals surface area (Å²) in [7, 11) is 0. The Bertz CT molecular complexity index is 199. The Hall–Kier alpha value is -0.280. The minimum atomic E-state index is -0.206. The van der Waals surface area contributed by atoms with E-state index in [0.717, 1.165) is 12.8 Å². The molecule has 3 N–H and O–H groups in total. The number of rotatable bonds is 5. The van der Waals surface area contributed by atoms with Gasteiger partial charge >= 0.3 is 0 Å². The van der Waals surface area contributed by atoms with Crippen LogP contribution < -0.4 is 11.1 Å². The summed E-state index contributed by atoms with van der Waals surface area (Å²) in [6.07, 6.45) is 2.32. The molecule has 0 aliphatic heterocycles. The van der Waals surface area contributed by atoms with Crippen LogP contribution in [-0.4, -0.2) is 18.0 Å². The maximum atomic E-state index is 11.8. The fraction of sp³-hybridized carbons (Fsp3) is 0.917. The van der Waals surface area contributed by atoms with E-state index < -0.39 is 0 Å². The number of carbonyl (C=O) groups excluding carboxylic acids is 1. The van der Waals surface area contributed by atoms with Crippen LogP contribution in [0.3, 0.4) is 0 Å². The maximum absolute atomic E-state index is 11.8. The Balaban J connectivity index is 0. The van der Waals surface area contributed by atoms with Crippen LogP contribution >= 0.6 is 12.4 Å². The average molecular weight is 251 g/mol. The second-order valence-corrected chi connectivity index (χ2v) is 5.48. The summed E-state index contributed by atoms with van der Waals surface area (Å²) in [6, 6.07) is 0. The lowest BCUT2D eigenvalue weighted by Crippen LogP contribution is -2.53. The Morgan fingerprint density at radius 2 is 1.62 bits per heavy atom. The molecule has 1 amide bonds. The molecule has 0 saturated carbocycles. The van der Waals surface area contributed by atoms with Crippen LogP contribution in [0.4, 0.5) is 0 Å². The van der Waals surface area contributed by atoms with E-state index in [9.17, 15) is 4.79 Å². The van der Waals surface area contributed by atoms with E-state index in [1.165, 1.54) is 0 Å². The minimum absolute atomic E-state index is 0. The molecule has 98 valence electrons. The van der Waals surface area contributed by atoms with Gasteiger partial charge in [-0.15, -0.1) is 12.4 Å². The summed E-state index contributed by atoms with van der Waals surface area (Å²) in [5, 5.41) is 3.07. The van der Waals surface area contributed by atoms with Gasteiger partial charge in [0.25, 0.3) is 0 Å². The van der Waals surface area contributed by atoms with Gasteiger partial charge in [0.05, 0.1) is 5.54 Å². The van der Waals surface area contributed by atoms with Crippen molar-refractivity contribution in [2.45, 2.75) is 59.4 Å². The van der Waals surface area contributed by atoms with Crippen molar-refractivity contribution >= 4 is 18.3 Å². The van der Waals surface area contributed by atoms with Crippen molar-refractivity contribution in [2.24, 2.45) is 11.1 Å². The van der Waals surface area contributed by atoms with E-state index in [1.807, 2.05) is 0 Å². The predicted octanol–water partition coefficient (Wildman–Crippen LogP) is 2.48. The molecule has 0 aliphatic carbocycles. The molecule has 0 aromatic rings. The van der Waals surface area contributed by atoms with Crippen LogP contribution in [0.2, 0.25) is 0 Å². The fourth-order valence-corrected chi connectivity index (χ4v) is 1.59. The molecule has 0 saturated heterocycles. The van der Waals surface area contributed by atoms with Crippen LogP contribution in [0.5, 0.6) is 0 Å². The average Bonchev–Trinajstić information content (AvgIpc) is 2.11. The van der Waals surface area contributed by atoms with Gasteiger partial charge in [0, 0.05) is 13.0 Å². The first-order valence-corrected chi connectivity index (χ1v) is 5.79. The van der Waals surface area contributed by atoms with Crippen molar-refractivity contribution in [2.75, 3.05) is 6.54 Å². The van der Waals surface area contributed by atoms with Gasteiger partial charge in [0.15, 0.2) is 0 Å². The number of amides is 1. The van der Waals surface area contributed by atoms with E-state index in [0.29, 0.717) is 13.0 Å². The first-order chi connectivity index (χ1) is 6.78. The molecular weight excluding hydrogens is 224 g/mol. The van der Waals surface area contributed by atoms with Gasteiger partial charge < -0.3 is 11.1 Å². The van der Waals surface area contributed by atoms with Crippen LogP contribution in [-0.2, 0) is 4.79 Å². The lowest BCUT2D eigenvalue weighted by molar-refractivity contribution is -0.124. The van der Waals surface area contributed by atoms with Gasteiger partial charge in [-0.3, -0.25) is 4.79 Å². The SMILES string of the molecule is CCC(CC)(CN)NC(=O)CC(C)(C)C.Cl. The maximum Gasteiger partial charge on any atom is 0.220 e. The van der Waals surface area contributed by atoms with Crippen molar-refractivity contribution in [1.29, 1.82) is 0 Å². The highest BCUT2D eigenvalue weighted by Crippen LogP contribution is 2.20. The standard InChI is InChI=1S/C12H26N2O.ClH/c1-6-12(7-2,9-13)14-10(15)8-11(3,4)5;/h6-9,13H2,1-5H3,(H,14,15);1H. The van der Waals surface area contributed by atoms with Gasteiger partial charge in [-0.1, -0.05) is 34.6 Å². The van der Waals surface area contributed by atoms with Crippen molar-refractivity contribution in [3.63, 3.8) is 0 Å². The third-order valence-electron chi connectivity index (χ3n) is 2.84. The number of nitrogens with two attached hydrogens (primary N) is 1. The van der Waals surface area contributed by atoms with Gasteiger partial charge in [0.2, 0.25) is 5.91 Å². The number of nitrogens with one attached hydrogen (secondary N) is 1. The van der Waals surface area contributed by atoms with Gasteiger partial charge in [0.1, 0.15) is 0 Å². The quantitative estimate of drug-likeness (QED) is 0.788. The molecule has 0 aromatic carbocycles. The Morgan fingerprint density at radius 1 is 1.19 bits per heavy atom. The topological polar surface area (TPSA) is 55.1 Å². The Morgan fingerprint density at radius 3 is 1.88 bits per heavy atom. The van der Waals surface area contributed by atoms with Crippen molar-refractivity contribution < 1.29 is 4.79 Å². The monoisotopic (exact) mass is 250 g/mol. The predicted molar refractivity (Wildman–Crippen MR) is 71.8 cm³/mol.